The van der Waals surface area contributed by atoms with Crippen molar-refractivity contribution in [3.05, 3.63) is 71.3 Å². The van der Waals surface area contributed by atoms with E-state index in [4.69, 9.17) is 0 Å². The van der Waals surface area contributed by atoms with E-state index in [1.807, 2.05) is 47.4 Å². The first-order valence-corrected chi connectivity index (χ1v) is 13.9. The number of halogens is 1. The van der Waals surface area contributed by atoms with Crippen molar-refractivity contribution in [3.63, 3.8) is 0 Å². The van der Waals surface area contributed by atoms with E-state index in [1.54, 1.807) is 6.92 Å². The largest absolute Gasteiger partial charge is 0.343 e. The Kier molecular flexibility index (Phi) is 7.55. The molecule has 0 spiro atoms. The Morgan fingerprint density at radius 1 is 0.868 bits per heavy atom. The Balaban J connectivity index is 1.37. The van der Waals surface area contributed by atoms with E-state index in [1.165, 1.54) is 10.5 Å². The summed E-state index contributed by atoms with van der Waals surface area (Å²) in [5.41, 5.74) is 3.07. The highest BCUT2D eigenvalue weighted by atomic mass is 19.1. The average molecular weight is 520 g/mol. The van der Waals surface area contributed by atoms with Crippen molar-refractivity contribution in [2.45, 2.75) is 76.7 Å². The molecule has 3 heterocycles. The first-order valence-electron chi connectivity index (χ1n) is 13.9. The number of alkyl halides is 1. The van der Waals surface area contributed by atoms with Gasteiger partial charge in [0.25, 0.3) is 0 Å². The summed E-state index contributed by atoms with van der Waals surface area (Å²) in [6.45, 7) is 6.43. The SMILES string of the molecule is CC(=O)N1C[C@@H]2CC[C@H]1C(C(=O)N1C[C@H](F)C[C@H]1C(=O)N[C@@H](c1ccccc1)c1ccc(C(C)C)cc1)C2. The molecule has 3 amide bonds. The highest BCUT2D eigenvalue weighted by Crippen LogP contribution is 2.41. The molecule has 0 radical (unpaired) electrons. The van der Waals surface area contributed by atoms with Gasteiger partial charge in [0.1, 0.15) is 12.2 Å². The van der Waals surface area contributed by atoms with E-state index >= 15 is 0 Å². The zero-order chi connectivity index (χ0) is 27.0. The Hall–Kier alpha value is -3.22. The van der Waals surface area contributed by atoms with Crippen molar-refractivity contribution in [1.82, 2.24) is 15.1 Å². The van der Waals surface area contributed by atoms with Gasteiger partial charge >= 0.3 is 0 Å². The molecule has 2 aromatic carbocycles. The molecule has 3 saturated heterocycles. The number of nitrogens with one attached hydrogen (secondary N) is 1. The number of rotatable bonds is 6. The van der Waals surface area contributed by atoms with Gasteiger partial charge in [-0.15, -0.1) is 0 Å². The molecule has 6 nitrogen and oxygen atoms in total. The lowest BCUT2D eigenvalue weighted by molar-refractivity contribution is -0.153. The number of likely N-dealkylation sites (tertiary alicyclic amines) is 1. The van der Waals surface area contributed by atoms with Gasteiger partial charge in [-0.2, -0.15) is 0 Å². The standard InChI is InChI=1S/C31H38FN3O3/c1-19(2)22-10-12-24(13-11-22)29(23-7-5-4-6-8-23)33-30(37)28-16-25(32)18-35(28)31(38)26-15-21-9-14-27(26)34(17-21)20(3)36/h4-8,10-13,19,21,25-29H,9,14-18H2,1-3H3,(H,33,37)/t21-,25-,26?,27+,28+,29+/m1/s1. The molecule has 6 atom stereocenters. The van der Waals surface area contributed by atoms with Gasteiger partial charge in [0, 0.05) is 25.9 Å². The fraction of sp³-hybridized carbons (Fsp3) is 0.516. The van der Waals surface area contributed by atoms with Crippen LogP contribution in [0, 0.1) is 11.8 Å². The fourth-order valence-corrected chi connectivity index (χ4v) is 6.63. The molecule has 4 aliphatic rings. The Bertz CT molecular complexity index is 1170. The summed E-state index contributed by atoms with van der Waals surface area (Å²) in [7, 11) is 0. The van der Waals surface area contributed by atoms with Crippen molar-refractivity contribution < 1.29 is 18.8 Å². The predicted molar refractivity (Wildman–Crippen MR) is 144 cm³/mol. The first-order chi connectivity index (χ1) is 18.2. The van der Waals surface area contributed by atoms with E-state index in [0.29, 0.717) is 18.9 Å². The van der Waals surface area contributed by atoms with Crippen LogP contribution >= 0.6 is 0 Å². The molecular weight excluding hydrogens is 481 g/mol. The third kappa shape index (κ3) is 5.20. The van der Waals surface area contributed by atoms with Crippen LogP contribution in [-0.2, 0) is 14.4 Å². The molecular formula is C31H38FN3O3. The van der Waals surface area contributed by atoms with Gasteiger partial charge in [-0.3, -0.25) is 14.4 Å². The number of hydrogen-bond acceptors (Lipinski definition) is 3. The Labute approximate surface area is 224 Å². The van der Waals surface area contributed by atoms with Crippen LogP contribution in [0.25, 0.3) is 0 Å². The van der Waals surface area contributed by atoms with Gasteiger partial charge in [0.05, 0.1) is 18.5 Å². The normalized spacial score (nSPS) is 27.4. The number of fused-ring (bicyclic) bond motifs is 3. The zero-order valence-corrected chi connectivity index (χ0v) is 22.5. The molecule has 38 heavy (non-hydrogen) atoms. The van der Waals surface area contributed by atoms with E-state index in [2.05, 4.69) is 31.3 Å². The van der Waals surface area contributed by atoms with Gasteiger partial charge in [0.2, 0.25) is 17.7 Å². The topological polar surface area (TPSA) is 69.7 Å². The van der Waals surface area contributed by atoms with Gasteiger partial charge < -0.3 is 15.1 Å². The highest BCUT2D eigenvalue weighted by molar-refractivity contribution is 5.90. The number of amides is 3. The van der Waals surface area contributed by atoms with Crippen LogP contribution in [0.5, 0.6) is 0 Å². The maximum Gasteiger partial charge on any atom is 0.243 e. The Morgan fingerprint density at radius 3 is 2.16 bits per heavy atom. The lowest BCUT2D eigenvalue weighted by Crippen LogP contribution is -2.60. The molecule has 1 unspecified atom stereocenters. The molecule has 202 valence electrons. The summed E-state index contributed by atoms with van der Waals surface area (Å²) in [6.07, 6.45) is 1.22. The van der Waals surface area contributed by atoms with Gasteiger partial charge in [-0.1, -0.05) is 68.4 Å². The van der Waals surface area contributed by atoms with Crippen LogP contribution in [0.3, 0.4) is 0 Å². The van der Waals surface area contributed by atoms with E-state index < -0.39 is 18.3 Å². The summed E-state index contributed by atoms with van der Waals surface area (Å²) in [4.78, 5) is 43.0. The zero-order valence-electron chi connectivity index (χ0n) is 22.5. The second-order valence-electron chi connectivity index (χ2n) is 11.5. The van der Waals surface area contributed by atoms with Crippen molar-refractivity contribution in [2.75, 3.05) is 13.1 Å². The van der Waals surface area contributed by atoms with Gasteiger partial charge in [-0.25, -0.2) is 4.39 Å². The second-order valence-corrected chi connectivity index (χ2v) is 11.5. The molecule has 1 N–H and O–H groups in total. The lowest BCUT2D eigenvalue weighted by atomic mass is 9.72. The molecule has 1 aliphatic carbocycles. The minimum Gasteiger partial charge on any atom is -0.343 e. The van der Waals surface area contributed by atoms with E-state index in [0.717, 1.165) is 24.0 Å². The summed E-state index contributed by atoms with van der Waals surface area (Å²) >= 11 is 0. The number of carbonyl (C=O) groups is 3. The lowest BCUT2D eigenvalue weighted by Gasteiger charge is -2.50. The van der Waals surface area contributed by atoms with Crippen LogP contribution < -0.4 is 5.32 Å². The second kappa shape index (κ2) is 10.9. The van der Waals surface area contributed by atoms with Crippen LogP contribution in [0.2, 0.25) is 0 Å². The number of benzene rings is 2. The molecule has 6 rings (SSSR count). The third-order valence-corrected chi connectivity index (χ3v) is 8.69. The minimum absolute atomic E-state index is 0.0113. The molecule has 7 heteroatoms. The number of piperidine rings is 2. The number of hydrogen-bond donors (Lipinski definition) is 1. The van der Waals surface area contributed by atoms with Crippen LogP contribution in [0.1, 0.15) is 75.1 Å². The first kappa shape index (κ1) is 26.4. The maximum atomic E-state index is 14.8. The fourth-order valence-electron chi connectivity index (χ4n) is 6.63. The summed E-state index contributed by atoms with van der Waals surface area (Å²) in [5, 5.41) is 3.15. The monoisotopic (exact) mass is 519 g/mol. The molecule has 1 saturated carbocycles. The van der Waals surface area contributed by atoms with Gasteiger partial charge in [-0.05, 0) is 47.8 Å². The summed E-state index contributed by atoms with van der Waals surface area (Å²) in [6, 6.07) is 16.5. The quantitative estimate of drug-likeness (QED) is 0.607. The highest BCUT2D eigenvalue weighted by Gasteiger charge is 2.49. The van der Waals surface area contributed by atoms with Crippen LogP contribution in [0.4, 0.5) is 4.39 Å². The number of nitrogens with zero attached hydrogens (tertiary/aromatic N) is 2. The number of carbonyl (C=O) groups excluding carboxylic acids is 3. The van der Waals surface area contributed by atoms with Crippen molar-refractivity contribution in [1.29, 1.82) is 0 Å². The minimum atomic E-state index is -1.25. The maximum absolute atomic E-state index is 14.8. The molecule has 2 bridgehead atoms. The van der Waals surface area contributed by atoms with E-state index in [9.17, 15) is 18.8 Å². The summed E-state index contributed by atoms with van der Waals surface area (Å²) < 4.78 is 14.8. The average Bonchev–Trinajstić information content (AvgIpc) is 3.33. The molecule has 2 aromatic rings. The van der Waals surface area contributed by atoms with Crippen molar-refractivity contribution in [2.24, 2.45) is 11.8 Å². The van der Waals surface area contributed by atoms with Crippen molar-refractivity contribution in [3.8, 4) is 0 Å². The molecule has 4 fully saturated rings. The van der Waals surface area contributed by atoms with Crippen LogP contribution in [-0.4, -0.2) is 58.9 Å². The summed E-state index contributed by atoms with van der Waals surface area (Å²) in [5.74, 6) is -0.258. The van der Waals surface area contributed by atoms with Crippen LogP contribution in [0.15, 0.2) is 54.6 Å². The molecule has 0 aromatic heterocycles. The Morgan fingerprint density at radius 2 is 1.53 bits per heavy atom. The predicted octanol–water partition coefficient (Wildman–Crippen LogP) is 4.60. The van der Waals surface area contributed by atoms with E-state index in [-0.39, 0.29) is 48.6 Å². The smallest absolute Gasteiger partial charge is 0.243 e. The third-order valence-electron chi connectivity index (χ3n) is 8.69. The van der Waals surface area contributed by atoms with Crippen molar-refractivity contribution >= 4 is 17.7 Å². The van der Waals surface area contributed by atoms with Gasteiger partial charge in [0.15, 0.2) is 0 Å². The molecule has 3 aliphatic heterocycles.